The van der Waals surface area contributed by atoms with Crippen molar-refractivity contribution in [2.24, 2.45) is 5.73 Å². The monoisotopic (exact) mass is 451 g/mol. The van der Waals surface area contributed by atoms with E-state index in [2.05, 4.69) is 17.9 Å². The number of thiol groups is 1. The topological polar surface area (TPSA) is 180 Å². The van der Waals surface area contributed by atoms with E-state index in [1.54, 1.807) is 24.3 Å². The van der Waals surface area contributed by atoms with Gasteiger partial charge in [-0.15, -0.1) is 0 Å². The molecule has 0 fully saturated rings. The Labute approximate surface area is 181 Å². The number of carboxylic acids is 2. The third-order valence-electron chi connectivity index (χ3n) is 4.29. The molecule has 2 amide bonds. The number of nitrogens with zero attached hydrogens (tertiary/aromatic N) is 1. The van der Waals surface area contributed by atoms with Crippen LogP contribution in [-0.2, 0) is 19.2 Å². The van der Waals surface area contributed by atoms with Crippen LogP contribution in [0.25, 0.3) is 11.0 Å². The molecule has 0 aliphatic rings. The highest BCUT2D eigenvalue weighted by atomic mass is 32.1. The van der Waals surface area contributed by atoms with E-state index in [1.165, 1.54) is 6.07 Å². The number of rotatable bonds is 10. The van der Waals surface area contributed by atoms with Gasteiger partial charge in [-0.05, 0) is 18.6 Å². The van der Waals surface area contributed by atoms with Crippen LogP contribution in [0.5, 0.6) is 0 Å². The number of nitrogens with two attached hydrogens (primary N) is 1. The molecule has 1 aromatic heterocycles. The third kappa shape index (κ3) is 6.30. The van der Waals surface area contributed by atoms with Gasteiger partial charge in [0.2, 0.25) is 5.91 Å². The van der Waals surface area contributed by atoms with Crippen molar-refractivity contribution in [2.75, 3.05) is 17.2 Å². The van der Waals surface area contributed by atoms with Crippen molar-refractivity contribution in [3.8, 4) is 0 Å². The molecule has 0 saturated heterocycles. The van der Waals surface area contributed by atoms with Gasteiger partial charge in [-0.3, -0.25) is 24.1 Å². The highest BCUT2D eigenvalue weighted by Gasteiger charge is 2.30. The summed E-state index contributed by atoms with van der Waals surface area (Å²) in [4.78, 5) is 60.3. The summed E-state index contributed by atoms with van der Waals surface area (Å²) in [5.41, 5.74) is 4.37. The maximum Gasteiger partial charge on any atom is 0.360 e. The van der Waals surface area contributed by atoms with Gasteiger partial charge in [-0.2, -0.15) is 12.6 Å². The number of amides is 2. The Morgan fingerprint density at radius 3 is 2.48 bits per heavy atom. The van der Waals surface area contributed by atoms with Crippen LogP contribution in [0.4, 0.5) is 5.69 Å². The van der Waals surface area contributed by atoms with Crippen LogP contribution in [-0.4, -0.2) is 58.3 Å². The molecule has 12 heteroatoms. The minimum Gasteiger partial charge on any atom is -0.480 e. The standard InChI is InChI=1S/C19H21N3O8S/c20-11(18(27)28)5-6-15(23)21-12(9-31)17(26)22(8-16(24)25)13-7-10-3-1-2-4-14(10)30-19(13)29/h1-4,7,11-12,31H,5-6,8-9,20H2,(H,21,23)(H,24,25)(H,27,28). The van der Waals surface area contributed by atoms with Crippen LogP contribution in [0.15, 0.2) is 39.5 Å². The zero-order valence-electron chi connectivity index (χ0n) is 16.2. The molecule has 0 aliphatic carbocycles. The highest BCUT2D eigenvalue weighted by molar-refractivity contribution is 7.80. The molecule has 0 aliphatic heterocycles. The summed E-state index contributed by atoms with van der Waals surface area (Å²) in [6, 6.07) is 5.29. The van der Waals surface area contributed by atoms with E-state index in [1.807, 2.05) is 0 Å². The molecule has 2 atom stereocenters. The smallest absolute Gasteiger partial charge is 0.360 e. The van der Waals surface area contributed by atoms with Crippen molar-refractivity contribution in [3.05, 3.63) is 40.8 Å². The molecule has 0 saturated carbocycles. The zero-order valence-corrected chi connectivity index (χ0v) is 17.1. The molecular weight excluding hydrogens is 430 g/mol. The number of para-hydroxylation sites is 1. The van der Waals surface area contributed by atoms with Gasteiger partial charge >= 0.3 is 17.6 Å². The first-order chi connectivity index (χ1) is 14.6. The lowest BCUT2D eigenvalue weighted by Crippen LogP contribution is -2.52. The molecule has 31 heavy (non-hydrogen) atoms. The number of fused-ring (bicyclic) bond motifs is 1. The number of anilines is 1. The van der Waals surface area contributed by atoms with Crippen LogP contribution in [0.2, 0.25) is 0 Å². The Morgan fingerprint density at radius 2 is 1.87 bits per heavy atom. The number of benzene rings is 1. The fourth-order valence-electron chi connectivity index (χ4n) is 2.71. The summed E-state index contributed by atoms with van der Waals surface area (Å²) in [5.74, 6) is -4.44. The molecule has 166 valence electrons. The zero-order chi connectivity index (χ0) is 23.1. The number of carbonyl (C=O) groups is 4. The molecular formula is C19H21N3O8S. The molecule has 2 unspecified atom stereocenters. The van der Waals surface area contributed by atoms with Crippen molar-refractivity contribution < 1.29 is 33.8 Å². The molecule has 0 radical (unpaired) electrons. The second kappa shape index (κ2) is 10.6. The van der Waals surface area contributed by atoms with Gasteiger partial charge in [0.15, 0.2) is 0 Å². The van der Waals surface area contributed by atoms with Crippen molar-refractivity contribution in [3.63, 3.8) is 0 Å². The van der Waals surface area contributed by atoms with Crippen molar-refractivity contribution in [1.29, 1.82) is 0 Å². The Bertz CT molecular complexity index is 1050. The van der Waals surface area contributed by atoms with Gasteiger partial charge in [0, 0.05) is 17.6 Å². The molecule has 5 N–H and O–H groups in total. The van der Waals surface area contributed by atoms with Gasteiger partial charge in [0.25, 0.3) is 5.91 Å². The van der Waals surface area contributed by atoms with E-state index in [0.29, 0.717) is 10.3 Å². The molecule has 0 spiro atoms. The van der Waals surface area contributed by atoms with E-state index in [-0.39, 0.29) is 29.9 Å². The van der Waals surface area contributed by atoms with Gasteiger partial charge in [-0.25, -0.2) is 4.79 Å². The Kier molecular flexibility index (Phi) is 8.16. The third-order valence-corrected chi connectivity index (χ3v) is 4.65. The lowest BCUT2D eigenvalue weighted by atomic mass is 10.1. The minimum atomic E-state index is -1.39. The minimum absolute atomic E-state index is 0.165. The van der Waals surface area contributed by atoms with Crippen LogP contribution >= 0.6 is 12.6 Å². The first kappa shape index (κ1) is 23.9. The summed E-state index contributed by atoms with van der Waals surface area (Å²) in [7, 11) is 0. The van der Waals surface area contributed by atoms with Crippen molar-refractivity contribution in [2.45, 2.75) is 24.9 Å². The van der Waals surface area contributed by atoms with Gasteiger partial charge in [-0.1, -0.05) is 18.2 Å². The fourth-order valence-corrected chi connectivity index (χ4v) is 2.95. The van der Waals surface area contributed by atoms with E-state index in [4.69, 9.17) is 15.3 Å². The molecule has 1 heterocycles. The Balaban J connectivity index is 2.28. The van der Waals surface area contributed by atoms with E-state index in [9.17, 15) is 29.1 Å². The summed E-state index contributed by atoms with van der Waals surface area (Å²) in [6.07, 6.45) is -0.441. The number of hydrogen-bond donors (Lipinski definition) is 5. The number of nitrogens with one attached hydrogen (secondary N) is 1. The van der Waals surface area contributed by atoms with Crippen molar-refractivity contribution >= 4 is 53.0 Å². The fraction of sp³-hybridized carbons (Fsp3) is 0.316. The largest absolute Gasteiger partial charge is 0.480 e. The number of hydrogen-bond acceptors (Lipinski definition) is 8. The Morgan fingerprint density at radius 1 is 1.19 bits per heavy atom. The number of carbonyl (C=O) groups excluding carboxylic acids is 2. The quantitative estimate of drug-likeness (QED) is 0.242. The summed E-state index contributed by atoms with van der Waals surface area (Å²) < 4.78 is 5.17. The summed E-state index contributed by atoms with van der Waals surface area (Å²) >= 11 is 4.02. The predicted molar refractivity (Wildman–Crippen MR) is 113 cm³/mol. The van der Waals surface area contributed by atoms with Gasteiger partial charge in [0.05, 0.1) is 0 Å². The molecule has 0 bridgehead atoms. The first-order valence-electron chi connectivity index (χ1n) is 9.08. The second-order valence-electron chi connectivity index (χ2n) is 6.56. The van der Waals surface area contributed by atoms with Gasteiger partial charge < -0.3 is 25.7 Å². The lowest BCUT2D eigenvalue weighted by molar-refractivity contribution is -0.139. The summed E-state index contributed by atoms with van der Waals surface area (Å²) in [5, 5.41) is 20.8. The molecule has 1 aromatic carbocycles. The average Bonchev–Trinajstić information content (AvgIpc) is 2.73. The maximum absolute atomic E-state index is 13.0. The highest BCUT2D eigenvalue weighted by Crippen LogP contribution is 2.19. The van der Waals surface area contributed by atoms with Crippen LogP contribution < -0.4 is 21.6 Å². The number of carboxylic acid groups (broad SMARTS) is 2. The van der Waals surface area contributed by atoms with E-state index in [0.717, 1.165) is 0 Å². The number of aliphatic carboxylic acids is 2. The first-order valence-corrected chi connectivity index (χ1v) is 9.72. The molecule has 2 rings (SSSR count). The van der Waals surface area contributed by atoms with Crippen LogP contribution in [0, 0.1) is 0 Å². The van der Waals surface area contributed by atoms with E-state index < -0.39 is 48.0 Å². The molecule has 11 nitrogen and oxygen atoms in total. The Hall–Kier alpha value is -3.38. The van der Waals surface area contributed by atoms with Crippen LogP contribution in [0.1, 0.15) is 12.8 Å². The predicted octanol–water partition coefficient (Wildman–Crippen LogP) is -0.183. The lowest BCUT2D eigenvalue weighted by Gasteiger charge is -2.25. The molecule has 2 aromatic rings. The second-order valence-corrected chi connectivity index (χ2v) is 6.93. The maximum atomic E-state index is 13.0. The van der Waals surface area contributed by atoms with E-state index >= 15 is 0 Å². The van der Waals surface area contributed by atoms with Crippen LogP contribution in [0.3, 0.4) is 0 Å². The van der Waals surface area contributed by atoms with Crippen molar-refractivity contribution in [1.82, 2.24) is 5.32 Å². The normalized spacial score (nSPS) is 12.7. The SMILES string of the molecule is NC(CCC(=O)NC(CS)C(=O)N(CC(=O)O)c1cc2ccccc2oc1=O)C(=O)O. The average molecular weight is 451 g/mol. The van der Waals surface area contributed by atoms with Gasteiger partial charge in [0.1, 0.15) is 29.9 Å². The summed E-state index contributed by atoms with van der Waals surface area (Å²) in [6.45, 7) is -0.855.